The Kier molecular flexibility index (Phi) is 0.729. The molecule has 2 heterocycles. The first-order chi connectivity index (χ1) is 3.97. The highest BCUT2D eigenvalue weighted by Gasteiger charge is 2.11. The Morgan fingerprint density at radius 3 is 2.50 bits per heavy atom. The predicted octanol–water partition coefficient (Wildman–Crippen LogP) is 1.48. The summed E-state index contributed by atoms with van der Waals surface area (Å²) in [6.45, 7) is 0.387. The molecule has 1 aromatic rings. The molecule has 1 aromatic heterocycles. The molecule has 0 aliphatic carbocycles. The lowest BCUT2D eigenvalue weighted by Crippen LogP contribution is -1.93. The van der Waals surface area contributed by atoms with Crippen molar-refractivity contribution in [3.05, 3.63) is 10.8 Å². The van der Waals surface area contributed by atoms with Crippen LogP contribution in [0.1, 0.15) is 0 Å². The van der Waals surface area contributed by atoms with Crippen molar-refractivity contribution < 1.29 is 9.47 Å². The van der Waals surface area contributed by atoms with Crippen LogP contribution in [-0.2, 0) is 0 Å². The maximum atomic E-state index is 5.03. The first kappa shape index (κ1) is 4.21. The average molecular weight is 128 g/mol. The molecule has 1 aliphatic rings. The van der Waals surface area contributed by atoms with Crippen LogP contribution in [0.2, 0.25) is 0 Å². The van der Waals surface area contributed by atoms with E-state index in [-0.39, 0.29) is 0 Å². The summed E-state index contributed by atoms with van der Waals surface area (Å²) in [5.41, 5.74) is 0. The van der Waals surface area contributed by atoms with Gasteiger partial charge in [0.25, 0.3) is 0 Å². The summed E-state index contributed by atoms with van der Waals surface area (Å²) in [7, 11) is 0. The van der Waals surface area contributed by atoms with E-state index in [1.165, 1.54) is 0 Å². The van der Waals surface area contributed by atoms with Gasteiger partial charge in [0.15, 0.2) is 11.5 Å². The van der Waals surface area contributed by atoms with E-state index in [0.717, 1.165) is 11.5 Å². The van der Waals surface area contributed by atoms with Crippen LogP contribution in [0.15, 0.2) is 10.8 Å². The van der Waals surface area contributed by atoms with E-state index >= 15 is 0 Å². The summed E-state index contributed by atoms with van der Waals surface area (Å²) < 4.78 is 10.1. The summed E-state index contributed by atoms with van der Waals surface area (Å²) >= 11 is 1.59. The van der Waals surface area contributed by atoms with Crippen molar-refractivity contribution in [3.63, 3.8) is 0 Å². The van der Waals surface area contributed by atoms with Crippen LogP contribution in [0.5, 0.6) is 11.5 Å². The number of rotatable bonds is 0. The van der Waals surface area contributed by atoms with Crippen molar-refractivity contribution in [2.45, 2.75) is 0 Å². The number of ether oxygens (including phenoxy) is 2. The zero-order valence-corrected chi connectivity index (χ0v) is 4.90. The van der Waals surface area contributed by atoms with Crippen molar-refractivity contribution in [2.24, 2.45) is 0 Å². The number of hydrogen-bond donors (Lipinski definition) is 0. The molecule has 0 amide bonds. The fourth-order valence-electron chi connectivity index (χ4n) is 0.641. The van der Waals surface area contributed by atoms with Crippen LogP contribution in [-0.4, -0.2) is 6.79 Å². The van der Waals surface area contributed by atoms with Gasteiger partial charge in [0.2, 0.25) is 6.79 Å². The van der Waals surface area contributed by atoms with E-state index in [1.54, 1.807) is 11.3 Å². The van der Waals surface area contributed by atoms with Gasteiger partial charge >= 0.3 is 0 Å². The Hall–Kier alpha value is -0.700. The molecule has 0 unspecified atom stereocenters. The fourth-order valence-corrected chi connectivity index (χ4v) is 1.32. The molecule has 2 nitrogen and oxygen atoms in total. The van der Waals surface area contributed by atoms with Gasteiger partial charge in [0.1, 0.15) is 0 Å². The summed E-state index contributed by atoms with van der Waals surface area (Å²) in [5.74, 6) is 1.77. The second-order valence-electron chi connectivity index (χ2n) is 1.51. The molecule has 0 fully saturated rings. The highest BCUT2D eigenvalue weighted by atomic mass is 32.1. The van der Waals surface area contributed by atoms with Gasteiger partial charge in [-0.2, -0.15) is 0 Å². The molecule has 0 saturated heterocycles. The lowest BCUT2D eigenvalue weighted by atomic mass is 10.6. The largest absolute Gasteiger partial charge is 0.453 e. The normalized spacial score (nSPS) is 14.5. The third-order valence-electron chi connectivity index (χ3n) is 1.02. The molecule has 0 N–H and O–H groups in total. The maximum Gasteiger partial charge on any atom is 0.231 e. The Bertz CT molecular complexity index is 176. The SMILES string of the molecule is c1scc2c1OCO2. The van der Waals surface area contributed by atoms with Crippen molar-refractivity contribution in [1.82, 2.24) is 0 Å². The lowest BCUT2D eigenvalue weighted by molar-refractivity contribution is 0.174. The molecule has 0 saturated carbocycles. The highest BCUT2D eigenvalue weighted by molar-refractivity contribution is 7.08. The van der Waals surface area contributed by atoms with Crippen LogP contribution >= 0.6 is 11.3 Å². The van der Waals surface area contributed by atoms with Crippen LogP contribution in [0, 0.1) is 0 Å². The van der Waals surface area contributed by atoms with Gasteiger partial charge in [-0.25, -0.2) is 0 Å². The predicted molar refractivity (Wildman–Crippen MR) is 30.4 cm³/mol. The first-order valence-corrected chi connectivity index (χ1v) is 3.23. The quantitative estimate of drug-likeness (QED) is 0.526. The van der Waals surface area contributed by atoms with E-state index in [9.17, 15) is 0 Å². The summed E-state index contributed by atoms with van der Waals surface area (Å²) in [4.78, 5) is 0. The van der Waals surface area contributed by atoms with Crippen LogP contribution in [0.3, 0.4) is 0 Å². The molecule has 0 spiro atoms. The molecular weight excluding hydrogens is 124 g/mol. The standard InChI is InChI=1S/C5H4O2S/c1-4-5(2-8-1)7-3-6-4/h1-2H,3H2. The highest BCUT2D eigenvalue weighted by Crippen LogP contribution is 2.34. The van der Waals surface area contributed by atoms with Crippen LogP contribution < -0.4 is 9.47 Å². The summed E-state index contributed by atoms with van der Waals surface area (Å²) in [6, 6.07) is 0. The molecule has 42 valence electrons. The Balaban J connectivity index is 2.54. The Morgan fingerprint density at radius 2 is 1.88 bits per heavy atom. The van der Waals surface area contributed by atoms with Crippen molar-refractivity contribution in [3.8, 4) is 11.5 Å². The van der Waals surface area contributed by atoms with E-state index in [0.29, 0.717) is 6.79 Å². The van der Waals surface area contributed by atoms with Crippen LogP contribution in [0.25, 0.3) is 0 Å². The van der Waals surface area contributed by atoms with E-state index in [4.69, 9.17) is 9.47 Å². The minimum Gasteiger partial charge on any atom is -0.453 e. The third kappa shape index (κ3) is 0.419. The topological polar surface area (TPSA) is 18.5 Å². The molecule has 8 heavy (non-hydrogen) atoms. The van der Waals surface area contributed by atoms with Gasteiger partial charge in [-0.3, -0.25) is 0 Å². The molecule has 0 atom stereocenters. The summed E-state index contributed by atoms with van der Waals surface area (Å²) in [5, 5.41) is 3.87. The Morgan fingerprint density at radius 1 is 1.25 bits per heavy atom. The number of thiophene rings is 1. The van der Waals surface area contributed by atoms with Gasteiger partial charge in [-0.1, -0.05) is 0 Å². The average Bonchev–Trinajstić information content (AvgIpc) is 2.15. The van der Waals surface area contributed by atoms with Crippen molar-refractivity contribution in [2.75, 3.05) is 6.79 Å². The van der Waals surface area contributed by atoms with Gasteiger partial charge < -0.3 is 9.47 Å². The summed E-state index contributed by atoms with van der Waals surface area (Å²) in [6.07, 6.45) is 0. The smallest absolute Gasteiger partial charge is 0.231 e. The number of fused-ring (bicyclic) bond motifs is 1. The van der Waals surface area contributed by atoms with Gasteiger partial charge in [-0.15, -0.1) is 11.3 Å². The molecular formula is C5H4O2S. The molecule has 1 aliphatic heterocycles. The van der Waals surface area contributed by atoms with E-state index < -0.39 is 0 Å². The maximum absolute atomic E-state index is 5.03. The second-order valence-corrected chi connectivity index (χ2v) is 2.25. The minimum absolute atomic E-state index is 0.387. The second kappa shape index (κ2) is 1.39. The molecule has 0 aromatic carbocycles. The monoisotopic (exact) mass is 128 g/mol. The molecule has 0 radical (unpaired) electrons. The zero-order chi connectivity index (χ0) is 5.40. The lowest BCUT2D eigenvalue weighted by Gasteiger charge is -1.85. The van der Waals surface area contributed by atoms with Crippen LogP contribution in [0.4, 0.5) is 0 Å². The third-order valence-corrected chi connectivity index (χ3v) is 1.72. The molecule has 2 rings (SSSR count). The fraction of sp³-hybridized carbons (Fsp3) is 0.200. The van der Waals surface area contributed by atoms with E-state index in [2.05, 4.69) is 0 Å². The van der Waals surface area contributed by atoms with Gasteiger partial charge in [0.05, 0.1) is 0 Å². The van der Waals surface area contributed by atoms with Gasteiger partial charge in [0, 0.05) is 10.8 Å². The zero-order valence-electron chi connectivity index (χ0n) is 4.09. The van der Waals surface area contributed by atoms with Gasteiger partial charge in [-0.05, 0) is 0 Å². The number of hydrogen-bond acceptors (Lipinski definition) is 3. The van der Waals surface area contributed by atoms with E-state index in [1.807, 2.05) is 10.8 Å². The van der Waals surface area contributed by atoms with Crippen molar-refractivity contribution in [1.29, 1.82) is 0 Å². The minimum atomic E-state index is 0.387. The Labute approximate surface area is 50.7 Å². The van der Waals surface area contributed by atoms with Crippen molar-refractivity contribution >= 4 is 11.3 Å². The molecule has 3 heteroatoms. The molecule has 0 bridgehead atoms. The first-order valence-electron chi connectivity index (χ1n) is 2.28.